The lowest BCUT2D eigenvalue weighted by Crippen LogP contribution is -2.46. The van der Waals surface area contributed by atoms with Crippen molar-refractivity contribution in [3.63, 3.8) is 0 Å². The van der Waals surface area contributed by atoms with E-state index in [0.29, 0.717) is 54.5 Å². The zero-order chi connectivity index (χ0) is 22.2. The first-order valence-corrected chi connectivity index (χ1v) is 10.6. The van der Waals surface area contributed by atoms with Crippen LogP contribution in [0.3, 0.4) is 0 Å². The van der Waals surface area contributed by atoms with Gasteiger partial charge in [0.05, 0.1) is 17.9 Å². The molecule has 1 aromatic carbocycles. The third-order valence-corrected chi connectivity index (χ3v) is 5.76. The van der Waals surface area contributed by atoms with Gasteiger partial charge in [0.15, 0.2) is 5.82 Å². The highest BCUT2D eigenvalue weighted by Crippen LogP contribution is 2.30. The molecule has 0 amide bonds. The smallest absolute Gasteiger partial charge is 0.156 e. The van der Waals surface area contributed by atoms with Gasteiger partial charge in [0.1, 0.15) is 28.0 Å². The minimum absolute atomic E-state index is 0.360. The van der Waals surface area contributed by atoms with Crippen molar-refractivity contribution in [3.8, 4) is 11.3 Å². The van der Waals surface area contributed by atoms with Crippen LogP contribution < -0.4 is 4.90 Å². The van der Waals surface area contributed by atoms with Crippen LogP contribution in [0.2, 0.25) is 5.15 Å². The summed E-state index contributed by atoms with van der Waals surface area (Å²) in [5.74, 6) is -0.329. The van der Waals surface area contributed by atoms with E-state index in [0.717, 1.165) is 23.1 Å². The highest BCUT2D eigenvalue weighted by molar-refractivity contribution is 6.29. The molecule has 1 saturated heterocycles. The second kappa shape index (κ2) is 8.40. The Hall–Kier alpha value is -3.17. The number of hydrogen-bond acceptors (Lipinski definition) is 6. The molecular formula is C22H20ClF2N7. The Balaban J connectivity index is 1.41. The molecular weight excluding hydrogens is 436 g/mol. The molecule has 0 unspecified atom stereocenters. The largest absolute Gasteiger partial charge is 0.352 e. The van der Waals surface area contributed by atoms with E-state index in [1.54, 1.807) is 23.1 Å². The van der Waals surface area contributed by atoms with E-state index >= 15 is 0 Å². The summed E-state index contributed by atoms with van der Waals surface area (Å²) in [7, 11) is 1.85. The molecule has 4 aromatic rings. The van der Waals surface area contributed by atoms with Gasteiger partial charge in [-0.3, -0.25) is 9.58 Å². The highest BCUT2D eigenvalue weighted by Gasteiger charge is 2.24. The van der Waals surface area contributed by atoms with Gasteiger partial charge in [-0.15, -0.1) is 0 Å². The monoisotopic (exact) mass is 455 g/mol. The van der Waals surface area contributed by atoms with Crippen molar-refractivity contribution in [3.05, 3.63) is 65.2 Å². The molecule has 1 fully saturated rings. The lowest BCUT2D eigenvalue weighted by molar-refractivity contribution is 0.246. The average molecular weight is 456 g/mol. The van der Waals surface area contributed by atoms with Crippen molar-refractivity contribution in [2.75, 3.05) is 31.1 Å². The molecule has 0 atom stereocenters. The molecule has 7 nitrogen and oxygen atoms in total. The van der Waals surface area contributed by atoms with E-state index in [1.165, 1.54) is 12.1 Å². The summed E-state index contributed by atoms with van der Waals surface area (Å²) in [4.78, 5) is 18.1. The van der Waals surface area contributed by atoms with Crippen LogP contribution in [0.4, 0.5) is 14.6 Å². The molecule has 164 valence electrons. The van der Waals surface area contributed by atoms with Crippen molar-refractivity contribution in [1.29, 1.82) is 0 Å². The number of anilines is 1. The van der Waals surface area contributed by atoms with Gasteiger partial charge in [-0.25, -0.2) is 23.7 Å². The maximum absolute atomic E-state index is 14.0. The van der Waals surface area contributed by atoms with Crippen LogP contribution in [0, 0.1) is 11.6 Å². The Morgan fingerprint density at radius 3 is 2.53 bits per heavy atom. The van der Waals surface area contributed by atoms with E-state index in [1.807, 2.05) is 13.2 Å². The average Bonchev–Trinajstić information content (AvgIpc) is 3.21. The third-order valence-electron chi connectivity index (χ3n) is 5.56. The molecule has 0 radical (unpaired) electrons. The number of rotatable bonds is 4. The van der Waals surface area contributed by atoms with Crippen LogP contribution in [-0.4, -0.2) is 55.8 Å². The Labute approximate surface area is 188 Å². The molecule has 1 aliphatic heterocycles. The predicted molar refractivity (Wildman–Crippen MR) is 118 cm³/mol. The van der Waals surface area contributed by atoms with Crippen LogP contribution in [0.1, 0.15) is 5.56 Å². The van der Waals surface area contributed by atoms with E-state index in [4.69, 9.17) is 21.6 Å². The Kier molecular flexibility index (Phi) is 5.44. The summed E-state index contributed by atoms with van der Waals surface area (Å²) in [6.07, 6.45) is 5.28. The molecule has 32 heavy (non-hydrogen) atoms. The normalized spacial score (nSPS) is 14.9. The molecule has 0 bridgehead atoms. The maximum atomic E-state index is 14.0. The van der Waals surface area contributed by atoms with Gasteiger partial charge in [-0.2, -0.15) is 5.10 Å². The molecule has 4 heterocycles. The van der Waals surface area contributed by atoms with Gasteiger partial charge >= 0.3 is 0 Å². The summed E-state index contributed by atoms with van der Waals surface area (Å²) < 4.78 is 29.0. The van der Waals surface area contributed by atoms with Crippen molar-refractivity contribution >= 4 is 28.5 Å². The van der Waals surface area contributed by atoms with Gasteiger partial charge in [-0.05, 0) is 6.07 Å². The minimum Gasteiger partial charge on any atom is -0.352 e. The molecule has 0 aliphatic carbocycles. The Morgan fingerprint density at radius 2 is 1.81 bits per heavy atom. The van der Waals surface area contributed by atoms with E-state index in [9.17, 15) is 8.78 Å². The van der Waals surface area contributed by atoms with Crippen molar-refractivity contribution < 1.29 is 8.78 Å². The molecule has 3 aromatic heterocycles. The predicted octanol–water partition coefficient (Wildman–Crippen LogP) is 3.68. The molecule has 1 aliphatic rings. The van der Waals surface area contributed by atoms with E-state index in [-0.39, 0.29) is 0 Å². The van der Waals surface area contributed by atoms with Gasteiger partial charge in [-0.1, -0.05) is 17.7 Å². The number of aromatic nitrogens is 5. The summed E-state index contributed by atoms with van der Waals surface area (Å²) in [5, 5.41) is 4.63. The standard InChI is InChI=1S/C22H20ClF2N7/c1-30-12-15(10-27-30)21-22(29-19-11-26-20(23)9-18(19)28-21)32-6-4-31(5-7-32)13-14-2-3-16(24)8-17(14)25/h2-3,8-12H,4-7,13H2,1H3. The summed E-state index contributed by atoms with van der Waals surface area (Å²) in [5.41, 5.74) is 3.40. The fourth-order valence-corrected chi connectivity index (χ4v) is 4.04. The third kappa shape index (κ3) is 4.13. The number of aryl methyl sites for hydroxylation is 1. The number of hydrogen-bond donors (Lipinski definition) is 0. The summed E-state index contributed by atoms with van der Waals surface area (Å²) in [6.45, 7) is 3.24. The molecule has 0 N–H and O–H groups in total. The van der Waals surface area contributed by atoms with Crippen molar-refractivity contribution in [2.45, 2.75) is 6.54 Å². The number of piperazine rings is 1. The zero-order valence-corrected chi connectivity index (χ0v) is 18.1. The second-order valence-corrected chi connectivity index (χ2v) is 8.18. The maximum Gasteiger partial charge on any atom is 0.156 e. The summed E-state index contributed by atoms with van der Waals surface area (Å²) >= 11 is 6.05. The Bertz CT molecular complexity index is 1280. The van der Waals surface area contributed by atoms with Crippen LogP contribution >= 0.6 is 11.6 Å². The molecule has 10 heteroatoms. The molecule has 0 saturated carbocycles. The first-order chi connectivity index (χ1) is 15.5. The van der Waals surface area contributed by atoms with E-state index < -0.39 is 11.6 Å². The van der Waals surface area contributed by atoms with Gasteiger partial charge in [0.25, 0.3) is 0 Å². The number of pyridine rings is 1. The molecule has 0 spiro atoms. The number of fused-ring (bicyclic) bond motifs is 1. The minimum atomic E-state index is -0.565. The quantitative estimate of drug-likeness (QED) is 0.437. The van der Waals surface area contributed by atoms with Crippen LogP contribution in [0.15, 0.2) is 42.9 Å². The SMILES string of the molecule is Cn1cc(-c2nc3cc(Cl)ncc3nc2N2CCN(Cc3ccc(F)cc3F)CC2)cn1. The topological polar surface area (TPSA) is 63.0 Å². The van der Waals surface area contributed by atoms with Gasteiger partial charge in [0.2, 0.25) is 0 Å². The van der Waals surface area contributed by atoms with Crippen molar-refractivity contribution in [1.82, 2.24) is 29.6 Å². The van der Waals surface area contributed by atoms with E-state index in [2.05, 4.69) is 19.9 Å². The van der Waals surface area contributed by atoms with Crippen LogP contribution in [0.25, 0.3) is 22.3 Å². The first-order valence-electron chi connectivity index (χ1n) is 10.2. The van der Waals surface area contributed by atoms with Gasteiger partial charge < -0.3 is 4.90 Å². The Morgan fingerprint density at radius 1 is 1.00 bits per heavy atom. The second-order valence-electron chi connectivity index (χ2n) is 7.79. The lowest BCUT2D eigenvalue weighted by Gasteiger charge is -2.36. The first kappa shape index (κ1) is 20.7. The van der Waals surface area contributed by atoms with Crippen LogP contribution in [-0.2, 0) is 13.6 Å². The number of benzene rings is 1. The van der Waals surface area contributed by atoms with Gasteiger partial charge in [0, 0.05) is 69.2 Å². The fraction of sp³-hybridized carbons (Fsp3) is 0.273. The number of nitrogens with zero attached hydrogens (tertiary/aromatic N) is 7. The lowest BCUT2D eigenvalue weighted by atomic mass is 10.1. The van der Waals surface area contributed by atoms with Crippen LogP contribution in [0.5, 0.6) is 0 Å². The van der Waals surface area contributed by atoms with Crippen molar-refractivity contribution in [2.24, 2.45) is 7.05 Å². The zero-order valence-electron chi connectivity index (χ0n) is 17.3. The summed E-state index contributed by atoms with van der Waals surface area (Å²) in [6, 6.07) is 5.42. The fourth-order valence-electron chi connectivity index (χ4n) is 3.89. The highest BCUT2D eigenvalue weighted by atomic mass is 35.5. The number of halogens is 3. The molecule has 5 rings (SSSR count).